The van der Waals surface area contributed by atoms with Crippen LogP contribution in [0.4, 0.5) is 5.69 Å². The summed E-state index contributed by atoms with van der Waals surface area (Å²) in [5, 5.41) is 0. The van der Waals surface area contributed by atoms with Crippen molar-refractivity contribution in [2.45, 2.75) is 77.0 Å². The standard InChI is InChI=1S/C22H35N/c1-23-18-20(17-21-15-8-9-16-22(21)23)14-10-13-19-11-6-4-2-3-5-7-12-19/h8-9,15-16,19-20H,2-7,10-14,17-18H2,1H3. The van der Waals surface area contributed by atoms with Crippen LogP contribution in [-0.2, 0) is 6.42 Å². The average Bonchev–Trinajstić information content (AvgIpc) is 2.69. The number of hydrogen-bond donors (Lipinski definition) is 0. The highest BCUT2D eigenvalue weighted by atomic mass is 15.1. The van der Waals surface area contributed by atoms with E-state index in [1.54, 1.807) is 5.56 Å². The third-order valence-electron chi connectivity index (χ3n) is 6.14. The van der Waals surface area contributed by atoms with Crippen molar-refractivity contribution in [1.29, 1.82) is 0 Å². The molecular formula is C22H35N. The van der Waals surface area contributed by atoms with Gasteiger partial charge >= 0.3 is 0 Å². The Balaban J connectivity index is 1.44. The van der Waals surface area contributed by atoms with Crippen LogP contribution in [0.3, 0.4) is 0 Å². The van der Waals surface area contributed by atoms with E-state index in [0.717, 1.165) is 11.8 Å². The maximum absolute atomic E-state index is 2.48. The summed E-state index contributed by atoms with van der Waals surface area (Å²) in [4.78, 5) is 2.48. The Kier molecular flexibility index (Phi) is 6.42. The average molecular weight is 314 g/mol. The van der Waals surface area contributed by atoms with Gasteiger partial charge in [-0.25, -0.2) is 0 Å². The smallest absolute Gasteiger partial charge is 0.0396 e. The van der Waals surface area contributed by atoms with Crippen molar-refractivity contribution < 1.29 is 0 Å². The van der Waals surface area contributed by atoms with Gasteiger partial charge in [-0.2, -0.15) is 0 Å². The number of para-hydroxylation sites is 1. The van der Waals surface area contributed by atoms with Crippen molar-refractivity contribution in [3.05, 3.63) is 29.8 Å². The highest BCUT2D eigenvalue weighted by Gasteiger charge is 2.21. The quantitative estimate of drug-likeness (QED) is 0.638. The fraction of sp³-hybridized carbons (Fsp3) is 0.727. The lowest BCUT2D eigenvalue weighted by Crippen LogP contribution is -2.32. The molecule has 0 aromatic heterocycles. The number of hydrogen-bond acceptors (Lipinski definition) is 1. The summed E-state index contributed by atoms with van der Waals surface area (Å²) in [5.41, 5.74) is 3.02. The maximum atomic E-state index is 2.48. The number of benzene rings is 1. The van der Waals surface area contributed by atoms with Crippen molar-refractivity contribution >= 4 is 5.69 Å². The van der Waals surface area contributed by atoms with E-state index in [2.05, 4.69) is 36.2 Å². The molecule has 1 nitrogen and oxygen atoms in total. The summed E-state index contributed by atoms with van der Waals surface area (Å²) in [6, 6.07) is 8.98. The van der Waals surface area contributed by atoms with Gasteiger partial charge in [-0.15, -0.1) is 0 Å². The molecule has 0 N–H and O–H groups in total. The Morgan fingerprint density at radius 3 is 2.30 bits per heavy atom. The van der Waals surface area contributed by atoms with Gasteiger partial charge < -0.3 is 4.90 Å². The minimum Gasteiger partial charge on any atom is -0.374 e. The number of nitrogens with zero attached hydrogens (tertiary/aromatic N) is 1. The molecule has 2 aliphatic rings. The van der Waals surface area contributed by atoms with Crippen LogP contribution in [-0.4, -0.2) is 13.6 Å². The largest absolute Gasteiger partial charge is 0.374 e. The number of fused-ring (bicyclic) bond motifs is 1. The van der Waals surface area contributed by atoms with E-state index in [1.165, 1.54) is 89.3 Å². The Morgan fingerprint density at radius 1 is 0.870 bits per heavy atom. The fourth-order valence-corrected chi connectivity index (χ4v) is 4.81. The van der Waals surface area contributed by atoms with Crippen molar-refractivity contribution in [2.24, 2.45) is 11.8 Å². The molecular weight excluding hydrogens is 278 g/mol. The topological polar surface area (TPSA) is 3.24 Å². The molecule has 1 heteroatoms. The predicted molar refractivity (Wildman–Crippen MR) is 101 cm³/mol. The second-order valence-electron chi connectivity index (χ2n) is 8.07. The Bertz CT molecular complexity index is 457. The third kappa shape index (κ3) is 4.99. The van der Waals surface area contributed by atoms with E-state index in [-0.39, 0.29) is 0 Å². The van der Waals surface area contributed by atoms with Gasteiger partial charge in [0.05, 0.1) is 0 Å². The fourth-order valence-electron chi connectivity index (χ4n) is 4.81. The lowest BCUT2D eigenvalue weighted by Gasteiger charge is -2.33. The summed E-state index contributed by atoms with van der Waals surface area (Å²) >= 11 is 0. The Hall–Kier alpha value is -0.980. The zero-order valence-corrected chi connectivity index (χ0v) is 15.1. The second-order valence-corrected chi connectivity index (χ2v) is 8.07. The highest BCUT2D eigenvalue weighted by molar-refractivity contribution is 5.55. The first kappa shape index (κ1) is 16.9. The molecule has 1 unspecified atom stereocenters. The molecule has 1 heterocycles. The van der Waals surface area contributed by atoms with Crippen LogP contribution in [0.5, 0.6) is 0 Å². The molecule has 1 aliphatic carbocycles. The molecule has 1 aromatic rings. The summed E-state index contributed by atoms with van der Waals surface area (Å²) in [6.45, 7) is 1.25. The van der Waals surface area contributed by atoms with Crippen molar-refractivity contribution in [1.82, 2.24) is 0 Å². The summed E-state index contributed by atoms with van der Waals surface area (Å²) in [7, 11) is 2.27. The van der Waals surface area contributed by atoms with Crippen LogP contribution in [0.2, 0.25) is 0 Å². The molecule has 0 spiro atoms. The van der Waals surface area contributed by atoms with E-state index in [9.17, 15) is 0 Å². The number of rotatable bonds is 4. The Labute approximate surface area is 143 Å². The van der Waals surface area contributed by atoms with Gasteiger partial charge in [0.15, 0.2) is 0 Å². The molecule has 0 radical (unpaired) electrons. The molecule has 1 aromatic carbocycles. The minimum absolute atomic E-state index is 0.867. The molecule has 23 heavy (non-hydrogen) atoms. The van der Waals surface area contributed by atoms with E-state index in [1.807, 2.05) is 0 Å². The highest BCUT2D eigenvalue weighted by Crippen LogP contribution is 2.32. The predicted octanol–water partition coefficient (Wildman–Crippen LogP) is 6.22. The van der Waals surface area contributed by atoms with Gasteiger partial charge in [-0.1, -0.05) is 82.4 Å². The normalized spacial score (nSPS) is 23.7. The summed E-state index contributed by atoms with van der Waals surface area (Å²) < 4.78 is 0. The van der Waals surface area contributed by atoms with Crippen molar-refractivity contribution in [2.75, 3.05) is 18.5 Å². The molecule has 128 valence electrons. The Morgan fingerprint density at radius 2 is 1.52 bits per heavy atom. The minimum atomic E-state index is 0.867. The van der Waals surface area contributed by atoms with Gasteiger partial charge in [-0.05, 0) is 36.3 Å². The van der Waals surface area contributed by atoms with Crippen LogP contribution in [0.25, 0.3) is 0 Å². The molecule has 0 saturated heterocycles. The zero-order valence-electron chi connectivity index (χ0n) is 15.1. The van der Waals surface area contributed by atoms with Crippen molar-refractivity contribution in [3.8, 4) is 0 Å². The molecule has 1 fully saturated rings. The van der Waals surface area contributed by atoms with Crippen LogP contribution in [0.15, 0.2) is 24.3 Å². The first-order valence-electron chi connectivity index (χ1n) is 10.1. The van der Waals surface area contributed by atoms with Crippen molar-refractivity contribution in [3.63, 3.8) is 0 Å². The van der Waals surface area contributed by atoms with Gasteiger partial charge in [-0.3, -0.25) is 0 Å². The lowest BCUT2D eigenvalue weighted by molar-refractivity contribution is 0.359. The van der Waals surface area contributed by atoms with Crippen LogP contribution in [0, 0.1) is 11.8 Å². The zero-order chi connectivity index (χ0) is 15.9. The summed E-state index contributed by atoms with van der Waals surface area (Å²) in [6.07, 6.45) is 17.6. The van der Waals surface area contributed by atoms with Crippen LogP contribution in [0.1, 0.15) is 76.2 Å². The van der Waals surface area contributed by atoms with E-state index in [4.69, 9.17) is 0 Å². The lowest BCUT2D eigenvalue weighted by atomic mass is 9.86. The van der Waals surface area contributed by atoms with E-state index >= 15 is 0 Å². The third-order valence-corrected chi connectivity index (χ3v) is 6.14. The molecule has 0 bridgehead atoms. The molecule has 3 rings (SSSR count). The van der Waals surface area contributed by atoms with E-state index in [0.29, 0.717) is 0 Å². The maximum Gasteiger partial charge on any atom is 0.0396 e. The first-order chi connectivity index (χ1) is 11.3. The molecule has 1 atom stereocenters. The van der Waals surface area contributed by atoms with Gasteiger partial charge in [0.25, 0.3) is 0 Å². The summed E-state index contributed by atoms with van der Waals surface area (Å²) in [5.74, 6) is 1.90. The SMILES string of the molecule is CN1CC(CCCC2CCCCCCCC2)Cc2ccccc21. The molecule has 1 aliphatic heterocycles. The van der Waals surface area contributed by atoms with Crippen LogP contribution >= 0.6 is 0 Å². The first-order valence-corrected chi connectivity index (χ1v) is 10.1. The van der Waals surface area contributed by atoms with Gasteiger partial charge in [0.1, 0.15) is 0 Å². The van der Waals surface area contributed by atoms with E-state index < -0.39 is 0 Å². The van der Waals surface area contributed by atoms with Gasteiger partial charge in [0, 0.05) is 19.3 Å². The molecule has 1 saturated carbocycles. The molecule has 0 amide bonds. The monoisotopic (exact) mass is 313 g/mol. The number of anilines is 1. The van der Waals surface area contributed by atoms with Gasteiger partial charge in [0.2, 0.25) is 0 Å². The van der Waals surface area contributed by atoms with Crippen LogP contribution < -0.4 is 4.90 Å². The second kappa shape index (κ2) is 8.76.